The number of amides is 1. The minimum absolute atomic E-state index is 0.0671. The lowest BCUT2D eigenvalue weighted by molar-refractivity contribution is 0.0600. The minimum Gasteiger partial charge on any atom is -0.465 e. The van der Waals surface area contributed by atoms with Crippen molar-refractivity contribution in [2.75, 3.05) is 29.2 Å². The fourth-order valence-electron chi connectivity index (χ4n) is 2.78. The molecule has 3 rings (SSSR count). The molecule has 0 spiro atoms. The Balaban J connectivity index is 1.66. The van der Waals surface area contributed by atoms with Crippen molar-refractivity contribution in [1.29, 1.82) is 0 Å². The molecule has 1 aliphatic heterocycles. The number of benzene rings is 1. The normalized spacial score (nSPS) is 17.9. The first-order chi connectivity index (χ1) is 12.9. The lowest BCUT2D eigenvalue weighted by atomic mass is 10.2. The van der Waals surface area contributed by atoms with Crippen molar-refractivity contribution < 1.29 is 22.7 Å². The van der Waals surface area contributed by atoms with Crippen LogP contribution in [0.25, 0.3) is 0 Å². The largest absolute Gasteiger partial charge is 0.465 e. The minimum atomic E-state index is -3.00. The van der Waals surface area contributed by atoms with Crippen molar-refractivity contribution in [3.8, 4) is 0 Å². The maximum atomic E-state index is 12.4. The molecule has 0 aliphatic carbocycles. The Hall–Kier alpha value is -2.94. The summed E-state index contributed by atoms with van der Waals surface area (Å²) in [5, 5.41) is 5.79. The van der Waals surface area contributed by atoms with Gasteiger partial charge in [-0.25, -0.2) is 18.2 Å². The van der Waals surface area contributed by atoms with Gasteiger partial charge in [0.15, 0.2) is 9.84 Å². The van der Waals surface area contributed by atoms with Gasteiger partial charge in [-0.3, -0.25) is 4.79 Å². The summed E-state index contributed by atoms with van der Waals surface area (Å²) in [6.45, 7) is 0. The monoisotopic (exact) mass is 389 g/mol. The Morgan fingerprint density at radius 1 is 1.15 bits per heavy atom. The lowest BCUT2D eigenvalue weighted by Crippen LogP contribution is -2.21. The third kappa shape index (κ3) is 4.82. The highest BCUT2D eigenvalue weighted by Crippen LogP contribution is 2.18. The summed E-state index contributed by atoms with van der Waals surface area (Å²) < 4.78 is 27.7. The fourth-order valence-corrected chi connectivity index (χ4v) is 4.45. The number of rotatable bonds is 5. The zero-order valence-corrected chi connectivity index (χ0v) is 15.5. The van der Waals surface area contributed by atoms with Gasteiger partial charge in [-0.2, -0.15) is 0 Å². The Morgan fingerprint density at radius 3 is 2.52 bits per heavy atom. The number of pyridine rings is 1. The summed E-state index contributed by atoms with van der Waals surface area (Å²) in [5.41, 5.74) is 1.30. The number of hydrogen-bond acceptors (Lipinski definition) is 7. The van der Waals surface area contributed by atoms with Crippen LogP contribution in [0, 0.1) is 0 Å². The molecule has 1 fully saturated rings. The molecule has 0 radical (unpaired) electrons. The standard InChI is InChI=1S/C18H19N3O5S/c1-26-18(23)12-2-4-14(5-3-12)21-17(22)13-6-8-19-16(10-13)20-15-7-9-27(24,25)11-15/h2-6,8,10,15H,7,9,11H2,1H3,(H,19,20)(H,21,22). The molecule has 2 N–H and O–H groups in total. The van der Waals surface area contributed by atoms with E-state index in [0.717, 1.165) is 0 Å². The van der Waals surface area contributed by atoms with Gasteiger partial charge >= 0.3 is 5.97 Å². The van der Waals surface area contributed by atoms with Crippen LogP contribution in [0.3, 0.4) is 0 Å². The zero-order valence-electron chi connectivity index (χ0n) is 14.6. The Bertz CT molecular complexity index is 957. The summed E-state index contributed by atoms with van der Waals surface area (Å²) in [6.07, 6.45) is 2.01. The number of carbonyl (C=O) groups is 2. The molecular weight excluding hydrogens is 370 g/mol. The van der Waals surface area contributed by atoms with Crippen LogP contribution in [0.2, 0.25) is 0 Å². The van der Waals surface area contributed by atoms with Crippen LogP contribution in [-0.2, 0) is 14.6 Å². The van der Waals surface area contributed by atoms with E-state index in [-0.39, 0.29) is 23.5 Å². The maximum Gasteiger partial charge on any atom is 0.337 e. The number of aromatic nitrogens is 1. The van der Waals surface area contributed by atoms with Crippen LogP contribution >= 0.6 is 0 Å². The van der Waals surface area contributed by atoms with E-state index in [4.69, 9.17) is 0 Å². The average molecular weight is 389 g/mol. The third-order valence-corrected chi connectivity index (χ3v) is 5.94. The van der Waals surface area contributed by atoms with E-state index in [1.165, 1.54) is 13.3 Å². The maximum absolute atomic E-state index is 12.4. The highest BCUT2D eigenvalue weighted by Gasteiger charge is 2.28. The van der Waals surface area contributed by atoms with Crippen LogP contribution in [0.5, 0.6) is 0 Å². The van der Waals surface area contributed by atoms with Crippen molar-refractivity contribution in [3.63, 3.8) is 0 Å². The van der Waals surface area contributed by atoms with Gasteiger partial charge in [-0.05, 0) is 42.8 Å². The number of anilines is 2. The summed E-state index contributed by atoms with van der Waals surface area (Å²) in [7, 11) is -1.70. The first kappa shape index (κ1) is 18.8. The summed E-state index contributed by atoms with van der Waals surface area (Å²) in [5.74, 6) is -0.118. The van der Waals surface area contributed by atoms with Gasteiger partial charge in [-0.1, -0.05) is 0 Å². The van der Waals surface area contributed by atoms with Gasteiger partial charge in [0.2, 0.25) is 0 Å². The number of methoxy groups -OCH3 is 1. The molecule has 27 heavy (non-hydrogen) atoms. The van der Waals surface area contributed by atoms with Crippen LogP contribution in [-0.4, -0.2) is 49.9 Å². The molecule has 0 bridgehead atoms. The Kier molecular flexibility index (Phi) is 5.41. The second-order valence-corrected chi connectivity index (χ2v) is 8.43. The van der Waals surface area contributed by atoms with Gasteiger partial charge in [0, 0.05) is 23.5 Å². The number of nitrogens with one attached hydrogen (secondary N) is 2. The Morgan fingerprint density at radius 2 is 1.89 bits per heavy atom. The zero-order chi connectivity index (χ0) is 19.4. The molecule has 2 aromatic rings. The highest BCUT2D eigenvalue weighted by molar-refractivity contribution is 7.91. The van der Waals surface area contributed by atoms with E-state index in [9.17, 15) is 18.0 Å². The summed E-state index contributed by atoms with van der Waals surface area (Å²) in [4.78, 5) is 28.0. The van der Waals surface area contributed by atoms with Crippen LogP contribution in [0.15, 0.2) is 42.6 Å². The second-order valence-electron chi connectivity index (χ2n) is 6.20. The smallest absolute Gasteiger partial charge is 0.337 e. The average Bonchev–Trinajstić information content (AvgIpc) is 3.00. The van der Waals surface area contributed by atoms with Gasteiger partial charge in [0.1, 0.15) is 5.82 Å². The molecule has 1 aromatic heterocycles. The van der Waals surface area contributed by atoms with Crippen molar-refractivity contribution in [3.05, 3.63) is 53.7 Å². The summed E-state index contributed by atoms with van der Waals surface area (Å²) >= 11 is 0. The number of sulfone groups is 1. The van der Waals surface area contributed by atoms with Gasteiger partial charge in [0.25, 0.3) is 5.91 Å². The molecule has 1 saturated heterocycles. The van der Waals surface area contributed by atoms with Crippen LogP contribution in [0.4, 0.5) is 11.5 Å². The number of esters is 1. The van der Waals surface area contributed by atoms with Crippen LogP contribution in [0.1, 0.15) is 27.1 Å². The molecule has 8 nitrogen and oxygen atoms in total. The molecular formula is C18H19N3O5S. The van der Waals surface area contributed by atoms with Crippen LogP contribution < -0.4 is 10.6 Å². The van der Waals surface area contributed by atoms with E-state index in [0.29, 0.717) is 29.1 Å². The molecule has 1 amide bonds. The predicted molar refractivity (Wildman–Crippen MR) is 101 cm³/mol. The van der Waals surface area contributed by atoms with Crippen molar-refractivity contribution in [2.45, 2.75) is 12.5 Å². The van der Waals surface area contributed by atoms with E-state index in [1.807, 2.05) is 0 Å². The lowest BCUT2D eigenvalue weighted by Gasteiger charge is -2.12. The second kappa shape index (κ2) is 7.75. The molecule has 0 saturated carbocycles. The fraction of sp³-hybridized carbons (Fsp3) is 0.278. The number of ether oxygens (including phenoxy) is 1. The van der Waals surface area contributed by atoms with E-state index < -0.39 is 15.8 Å². The SMILES string of the molecule is COC(=O)c1ccc(NC(=O)c2ccnc(NC3CCS(=O)(=O)C3)c2)cc1. The molecule has 2 heterocycles. The number of hydrogen-bond donors (Lipinski definition) is 2. The molecule has 1 aliphatic rings. The quantitative estimate of drug-likeness (QED) is 0.748. The van der Waals surface area contributed by atoms with Gasteiger partial charge in [-0.15, -0.1) is 0 Å². The molecule has 1 aromatic carbocycles. The molecule has 1 atom stereocenters. The van der Waals surface area contributed by atoms with Gasteiger partial charge in [0.05, 0.1) is 24.2 Å². The Labute approximate surface area is 156 Å². The summed E-state index contributed by atoms with van der Waals surface area (Å²) in [6, 6.07) is 9.26. The topological polar surface area (TPSA) is 114 Å². The van der Waals surface area contributed by atoms with Crippen molar-refractivity contribution in [1.82, 2.24) is 4.98 Å². The highest BCUT2D eigenvalue weighted by atomic mass is 32.2. The molecule has 1 unspecified atom stereocenters. The van der Waals surface area contributed by atoms with Gasteiger partial charge < -0.3 is 15.4 Å². The number of carbonyl (C=O) groups excluding carboxylic acids is 2. The first-order valence-electron chi connectivity index (χ1n) is 8.29. The molecule has 142 valence electrons. The predicted octanol–water partition coefficient (Wildman–Crippen LogP) is 1.72. The first-order valence-corrected chi connectivity index (χ1v) is 10.1. The number of nitrogens with zero attached hydrogens (tertiary/aromatic N) is 1. The molecule has 9 heteroatoms. The van der Waals surface area contributed by atoms with E-state index >= 15 is 0 Å². The van der Waals surface area contributed by atoms with E-state index in [1.54, 1.807) is 36.4 Å². The van der Waals surface area contributed by atoms with E-state index in [2.05, 4.69) is 20.4 Å². The van der Waals surface area contributed by atoms with Crippen molar-refractivity contribution in [2.24, 2.45) is 0 Å². The van der Waals surface area contributed by atoms with Crippen molar-refractivity contribution >= 4 is 33.2 Å². The third-order valence-electron chi connectivity index (χ3n) is 4.17.